The summed E-state index contributed by atoms with van der Waals surface area (Å²) in [5.41, 5.74) is 4.59. The third-order valence-corrected chi connectivity index (χ3v) is 5.33. The molecule has 0 aliphatic carbocycles. The van der Waals surface area contributed by atoms with Crippen molar-refractivity contribution in [2.24, 2.45) is 0 Å². The van der Waals surface area contributed by atoms with Crippen molar-refractivity contribution < 1.29 is 14.2 Å². The van der Waals surface area contributed by atoms with Crippen LogP contribution in [0.3, 0.4) is 0 Å². The standard InChI is InChI=1S/C23H22N4O4/c28-23-26-22(31-15-19-14-29-9-10-30-19)12-21-20-4-2-16(11-17(20)5-8-27(21)23)1-3-18-13-24-6-7-25-18/h1-4,6-7,11-13,19H,5,8-10,14-15H2. The molecule has 0 spiro atoms. The molecule has 1 aromatic carbocycles. The highest BCUT2D eigenvalue weighted by Crippen LogP contribution is 2.30. The third-order valence-electron chi connectivity index (χ3n) is 5.33. The average molecular weight is 418 g/mol. The van der Waals surface area contributed by atoms with Crippen LogP contribution in [-0.2, 0) is 22.4 Å². The zero-order valence-electron chi connectivity index (χ0n) is 16.9. The highest BCUT2D eigenvalue weighted by atomic mass is 16.6. The van der Waals surface area contributed by atoms with Crippen molar-refractivity contribution in [3.05, 3.63) is 70.2 Å². The normalized spacial score (nSPS) is 17.9. The summed E-state index contributed by atoms with van der Waals surface area (Å²) in [5.74, 6) is 0.310. The van der Waals surface area contributed by atoms with E-state index >= 15 is 0 Å². The second kappa shape index (κ2) is 8.79. The first-order chi connectivity index (χ1) is 15.3. The summed E-state index contributed by atoms with van der Waals surface area (Å²) in [5, 5.41) is 0. The van der Waals surface area contributed by atoms with Crippen LogP contribution in [0.15, 0.2) is 47.7 Å². The topological polar surface area (TPSA) is 88.4 Å². The van der Waals surface area contributed by atoms with Gasteiger partial charge in [-0.2, -0.15) is 4.98 Å². The number of hydrogen-bond acceptors (Lipinski definition) is 7. The van der Waals surface area contributed by atoms with Gasteiger partial charge in [-0.15, -0.1) is 0 Å². The largest absolute Gasteiger partial charge is 0.475 e. The Morgan fingerprint density at radius 2 is 2.16 bits per heavy atom. The summed E-state index contributed by atoms with van der Waals surface area (Å²) in [6.07, 6.45) is 9.61. The van der Waals surface area contributed by atoms with Gasteiger partial charge in [0, 0.05) is 30.6 Å². The minimum atomic E-state index is -0.300. The predicted molar refractivity (Wildman–Crippen MR) is 115 cm³/mol. The summed E-state index contributed by atoms with van der Waals surface area (Å²) in [7, 11) is 0. The number of ether oxygens (including phenoxy) is 3. The van der Waals surface area contributed by atoms with Gasteiger partial charge in [-0.1, -0.05) is 24.3 Å². The van der Waals surface area contributed by atoms with E-state index in [-0.39, 0.29) is 11.8 Å². The van der Waals surface area contributed by atoms with Gasteiger partial charge in [-0.25, -0.2) is 4.79 Å². The minimum absolute atomic E-state index is 0.148. The van der Waals surface area contributed by atoms with Crippen LogP contribution < -0.4 is 10.4 Å². The van der Waals surface area contributed by atoms with E-state index in [1.54, 1.807) is 23.2 Å². The van der Waals surface area contributed by atoms with Crippen molar-refractivity contribution in [3.63, 3.8) is 0 Å². The highest BCUT2D eigenvalue weighted by molar-refractivity contribution is 5.73. The van der Waals surface area contributed by atoms with Gasteiger partial charge >= 0.3 is 5.69 Å². The molecule has 0 saturated carbocycles. The Morgan fingerprint density at radius 3 is 3.00 bits per heavy atom. The highest BCUT2D eigenvalue weighted by Gasteiger charge is 2.20. The van der Waals surface area contributed by atoms with Crippen molar-refractivity contribution in [1.29, 1.82) is 0 Å². The fraction of sp³-hybridized carbons (Fsp3) is 0.304. The van der Waals surface area contributed by atoms with Crippen LogP contribution in [0.2, 0.25) is 0 Å². The molecule has 0 amide bonds. The van der Waals surface area contributed by atoms with Gasteiger partial charge in [0.05, 0.1) is 37.4 Å². The molecule has 3 aromatic rings. The molecule has 4 heterocycles. The van der Waals surface area contributed by atoms with Gasteiger partial charge in [0.2, 0.25) is 5.88 Å². The van der Waals surface area contributed by atoms with Crippen LogP contribution in [0.1, 0.15) is 16.8 Å². The van der Waals surface area contributed by atoms with E-state index in [1.807, 2.05) is 30.4 Å². The van der Waals surface area contributed by atoms with Crippen molar-refractivity contribution in [1.82, 2.24) is 19.5 Å². The molecule has 8 heteroatoms. The zero-order valence-corrected chi connectivity index (χ0v) is 16.9. The molecule has 8 nitrogen and oxygen atoms in total. The molecule has 1 saturated heterocycles. The molecule has 1 unspecified atom stereocenters. The van der Waals surface area contributed by atoms with Crippen LogP contribution in [0, 0.1) is 0 Å². The van der Waals surface area contributed by atoms with E-state index in [9.17, 15) is 4.79 Å². The lowest BCUT2D eigenvalue weighted by Gasteiger charge is -2.24. The van der Waals surface area contributed by atoms with E-state index in [2.05, 4.69) is 21.0 Å². The molecule has 5 rings (SSSR count). The number of hydrogen-bond donors (Lipinski definition) is 0. The fourth-order valence-corrected chi connectivity index (χ4v) is 3.79. The first-order valence-electron chi connectivity index (χ1n) is 10.3. The monoisotopic (exact) mass is 418 g/mol. The molecule has 2 aliphatic heterocycles. The summed E-state index contributed by atoms with van der Waals surface area (Å²) in [6, 6.07) is 8.04. The Morgan fingerprint density at radius 1 is 1.19 bits per heavy atom. The summed E-state index contributed by atoms with van der Waals surface area (Å²) in [6.45, 7) is 2.52. The molecular weight excluding hydrogens is 396 g/mol. The Balaban J connectivity index is 1.39. The van der Waals surface area contributed by atoms with Crippen LogP contribution in [-0.4, -0.2) is 52.1 Å². The smallest absolute Gasteiger partial charge is 0.351 e. The summed E-state index contributed by atoms with van der Waals surface area (Å²) >= 11 is 0. The number of nitrogens with zero attached hydrogens (tertiary/aromatic N) is 4. The first kappa shape index (κ1) is 19.6. The number of rotatable bonds is 5. The lowest BCUT2D eigenvalue weighted by Crippen LogP contribution is -2.34. The molecule has 31 heavy (non-hydrogen) atoms. The molecule has 0 bridgehead atoms. The van der Waals surface area contributed by atoms with Gasteiger partial charge < -0.3 is 14.2 Å². The second-order valence-electron chi connectivity index (χ2n) is 7.42. The van der Waals surface area contributed by atoms with Crippen LogP contribution in [0.25, 0.3) is 23.4 Å². The van der Waals surface area contributed by atoms with Crippen LogP contribution in [0.4, 0.5) is 0 Å². The maximum absolute atomic E-state index is 12.6. The van der Waals surface area contributed by atoms with Crippen LogP contribution >= 0.6 is 0 Å². The maximum Gasteiger partial charge on any atom is 0.351 e. The first-order valence-corrected chi connectivity index (χ1v) is 10.3. The Kier molecular flexibility index (Phi) is 5.56. The number of fused-ring (bicyclic) bond motifs is 3. The van der Waals surface area contributed by atoms with Crippen molar-refractivity contribution in [2.75, 3.05) is 26.4 Å². The van der Waals surface area contributed by atoms with E-state index in [0.29, 0.717) is 38.9 Å². The number of aromatic nitrogens is 4. The Bertz CT molecular complexity index is 1150. The molecule has 1 fully saturated rings. The molecule has 1 atom stereocenters. The van der Waals surface area contributed by atoms with Gasteiger partial charge in [-0.3, -0.25) is 14.5 Å². The van der Waals surface area contributed by atoms with Crippen molar-refractivity contribution >= 4 is 12.2 Å². The Labute approximate surface area is 179 Å². The molecule has 0 radical (unpaired) electrons. The van der Waals surface area contributed by atoms with Gasteiger partial charge in [0.15, 0.2) is 0 Å². The van der Waals surface area contributed by atoms with Gasteiger partial charge in [0.25, 0.3) is 0 Å². The SMILES string of the molecule is O=c1nc(OCC2COCCO2)cc2n1CCc1cc(C=Cc3cnccn3)ccc1-2. The molecular formula is C23H22N4O4. The van der Waals surface area contributed by atoms with E-state index in [4.69, 9.17) is 14.2 Å². The van der Waals surface area contributed by atoms with E-state index in [0.717, 1.165) is 28.9 Å². The Hall–Kier alpha value is -3.36. The molecule has 0 N–H and O–H groups in total. The van der Waals surface area contributed by atoms with E-state index < -0.39 is 0 Å². The lowest BCUT2D eigenvalue weighted by molar-refractivity contribution is -0.102. The number of aryl methyl sites for hydroxylation is 1. The predicted octanol–water partition coefficient (Wildman–Crippen LogP) is 2.22. The fourth-order valence-electron chi connectivity index (χ4n) is 3.79. The van der Waals surface area contributed by atoms with Gasteiger partial charge in [-0.05, 0) is 23.6 Å². The van der Waals surface area contributed by atoms with Crippen molar-refractivity contribution in [2.45, 2.75) is 19.1 Å². The maximum atomic E-state index is 12.6. The minimum Gasteiger partial charge on any atom is -0.475 e. The van der Waals surface area contributed by atoms with Crippen molar-refractivity contribution in [3.8, 4) is 17.1 Å². The second-order valence-corrected chi connectivity index (χ2v) is 7.42. The summed E-state index contributed by atoms with van der Waals surface area (Å²) in [4.78, 5) is 25.0. The van der Waals surface area contributed by atoms with E-state index in [1.165, 1.54) is 5.56 Å². The third kappa shape index (κ3) is 4.40. The summed E-state index contributed by atoms with van der Waals surface area (Å²) < 4.78 is 18.4. The quantitative estimate of drug-likeness (QED) is 0.628. The average Bonchev–Trinajstić information content (AvgIpc) is 2.82. The van der Waals surface area contributed by atoms with Gasteiger partial charge in [0.1, 0.15) is 12.7 Å². The van der Waals surface area contributed by atoms with Crippen LogP contribution in [0.5, 0.6) is 5.88 Å². The number of benzene rings is 1. The molecule has 158 valence electrons. The zero-order chi connectivity index (χ0) is 21.0. The lowest BCUT2D eigenvalue weighted by atomic mass is 9.95. The molecule has 2 aromatic heterocycles. The molecule has 2 aliphatic rings.